The highest BCUT2D eigenvalue weighted by Crippen LogP contribution is 2.28. The third-order valence-electron chi connectivity index (χ3n) is 2.43. The second-order valence-corrected chi connectivity index (χ2v) is 3.75. The molecule has 0 spiro atoms. The molecule has 0 saturated heterocycles. The molecule has 1 saturated carbocycles. The Morgan fingerprint density at radius 1 is 1.57 bits per heavy atom. The number of hydrogen-bond donors (Lipinski definition) is 1. The average molecular weight is 193 g/mol. The Labute approximate surface area is 83.5 Å². The van der Waals surface area contributed by atoms with Crippen LogP contribution < -0.4 is 5.32 Å². The lowest BCUT2D eigenvalue weighted by Gasteiger charge is -2.02. The zero-order valence-corrected chi connectivity index (χ0v) is 8.16. The third-order valence-corrected chi connectivity index (χ3v) is 2.43. The van der Waals surface area contributed by atoms with Crippen molar-refractivity contribution < 1.29 is 9.21 Å². The van der Waals surface area contributed by atoms with Crippen LogP contribution in [0.1, 0.15) is 25.0 Å². The van der Waals surface area contributed by atoms with Crippen molar-refractivity contribution >= 4 is 5.91 Å². The van der Waals surface area contributed by atoms with E-state index in [1.54, 1.807) is 6.26 Å². The molecule has 1 N–H and O–H groups in total. The number of carbonyl (C=O) groups excluding carboxylic acids is 1. The Morgan fingerprint density at radius 2 is 2.43 bits per heavy atom. The van der Waals surface area contributed by atoms with Gasteiger partial charge >= 0.3 is 0 Å². The lowest BCUT2D eigenvalue weighted by Crippen LogP contribution is -2.25. The van der Waals surface area contributed by atoms with E-state index < -0.39 is 0 Å². The van der Waals surface area contributed by atoms with Gasteiger partial charge in [0, 0.05) is 18.9 Å². The largest absolute Gasteiger partial charge is 0.469 e. The minimum absolute atomic E-state index is 0.226. The van der Waals surface area contributed by atoms with Crippen LogP contribution >= 0.6 is 0 Å². The van der Waals surface area contributed by atoms with Crippen LogP contribution in [0.3, 0.4) is 0 Å². The lowest BCUT2D eigenvalue weighted by atomic mass is 10.2. The van der Waals surface area contributed by atoms with Crippen LogP contribution in [-0.4, -0.2) is 12.5 Å². The van der Waals surface area contributed by atoms with Gasteiger partial charge in [-0.2, -0.15) is 0 Å². The second-order valence-electron chi connectivity index (χ2n) is 3.75. The molecule has 1 amide bonds. The molecule has 0 atom stereocenters. The molecular weight excluding hydrogens is 178 g/mol. The number of carbonyl (C=O) groups is 1. The van der Waals surface area contributed by atoms with Crippen LogP contribution in [0.2, 0.25) is 0 Å². The zero-order valence-electron chi connectivity index (χ0n) is 8.16. The first-order valence-corrected chi connectivity index (χ1v) is 5.16. The molecule has 14 heavy (non-hydrogen) atoms. The molecule has 76 valence electrons. The predicted molar refractivity (Wildman–Crippen MR) is 52.8 cm³/mol. The summed E-state index contributed by atoms with van der Waals surface area (Å²) >= 11 is 0. The van der Waals surface area contributed by atoms with Gasteiger partial charge in [-0.05, 0) is 31.4 Å². The maximum absolute atomic E-state index is 11.2. The summed E-state index contributed by atoms with van der Waals surface area (Å²) in [5.74, 6) is 1.54. The molecule has 0 aliphatic heterocycles. The van der Waals surface area contributed by atoms with Crippen molar-refractivity contribution in [3.05, 3.63) is 24.2 Å². The van der Waals surface area contributed by atoms with Gasteiger partial charge in [0.2, 0.25) is 5.91 Å². The topological polar surface area (TPSA) is 42.2 Å². The zero-order chi connectivity index (χ0) is 9.80. The first-order chi connectivity index (χ1) is 6.86. The van der Waals surface area contributed by atoms with Gasteiger partial charge in [0.25, 0.3) is 0 Å². The van der Waals surface area contributed by atoms with Gasteiger partial charge in [-0.1, -0.05) is 0 Å². The van der Waals surface area contributed by atoms with Gasteiger partial charge in [-0.15, -0.1) is 0 Å². The molecule has 0 bridgehead atoms. The summed E-state index contributed by atoms with van der Waals surface area (Å²) in [4.78, 5) is 11.2. The summed E-state index contributed by atoms with van der Waals surface area (Å²) in [5.41, 5.74) is 0. The smallest absolute Gasteiger partial charge is 0.223 e. The van der Waals surface area contributed by atoms with Crippen LogP contribution in [0.5, 0.6) is 0 Å². The number of rotatable bonds is 5. The van der Waals surface area contributed by atoms with Gasteiger partial charge in [-0.25, -0.2) is 0 Å². The van der Waals surface area contributed by atoms with Crippen LogP contribution in [0.15, 0.2) is 22.8 Å². The maximum Gasteiger partial charge on any atom is 0.223 e. The summed E-state index contributed by atoms with van der Waals surface area (Å²) in [6.07, 6.45) is 5.68. The maximum atomic E-state index is 11.2. The van der Waals surface area contributed by atoms with E-state index in [2.05, 4.69) is 5.32 Å². The molecule has 3 heteroatoms. The normalized spacial score (nSPS) is 15.4. The van der Waals surface area contributed by atoms with Gasteiger partial charge in [-0.3, -0.25) is 4.79 Å². The number of amides is 1. The summed E-state index contributed by atoms with van der Waals surface area (Å²) in [5, 5.41) is 2.93. The minimum Gasteiger partial charge on any atom is -0.469 e. The molecule has 1 aromatic rings. The fraction of sp³-hybridized carbons (Fsp3) is 0.545. The summed E-state index contributed by atoms with van der Waals surface area (Å²) in [6, 6.07) is 3.85. The van der Waals surface area contributed by atoms with Crippen molar-refractivity contribution in [1.82, 2.24) is 5.32 Å². The first kappa shape index (κ1) is 9.31. The van der Waals surface area contributed by atoms with Crippen molar-refractivity contribution in [2.24, 2.45) is 5.92 Å². The van der Waals surface area contributed by atoms with Gasteiger partial charge in [0.15, 0.2) is 0 Å². The Hall–Kier alpha value is -1.25. The Bertz CT molecular complexity index is 288. The van der Waals surface area contributed by atoms with Crippen LogP contribution in [0.25, 0.3) is 0 Å². The van der Waals surface area contributed by atoms with Crippen molar-refractivity contribution in [2.45, 2.75) is 25.7 Å². The number of hydrogen-bond acceptors (Lipinski definition) is 2. The van der Waals surface area contributed by atoms with Gasteiger partial charge in [0.1, 0.15) is 5.76 Å². The van der Waals surface area contributed by atoms with E-state index in [4.69, 9.17) is 4.42 Å². The van der Waals surface area contributed by atoms with E-state index in [1.165, 1.54) is 0 Å². The molecule has 1 aliphatic rings. The van der Waals surface area contributed by atoms with Crippen molar-refractivity contribution in [3.8, 4) is 0 Å². The molecule has 3 nitrogen and oxygen atoms in total. The first-order valence-electron chi connectivity index (χ1n) is 5.16. The number of nitrogens with one attached hydrogen (secondary N) is 1. The Kier molecular flexibility index (Phi) is 2.87. The summed E-state index contributed by atoms with van der Waals surface area (Å²) in [7, 11) is 0. The van der Waals surface area contributed by atoms with E-state index in [1.807, 2.05) is 12.1 Å². The van der Waals surface area contributed by atoms with Crippen LogP contribution in [0, 0.1) is 5.92 Å². The molecule has 0 radical (unpaired) electrons. The molecule has 2 rings (SSSR count). The monoisotopic (exact) mass is 193 g/mol. The molecule has 1 aromatic heterocycles. The quantitative estimate of drug-likeness (QED) is 0.724. The SMILES string of the molecule is O=C(NCCCc1ccco1)C1CC1. The highest BCUT2D eigenvalue weighted by molar-refractivity contribution is 5.80. The van der Waals surface area contributed by atoms with Crippen LogP contribution in [-0.2, 0) is 11.2 Å². The van der Waals surface area contributed by atoms with E-state index in [-0.39, 0.29) is 5.91 Å². The lowest BCUT2D eigenvalue weighted by molar-refractivity contribution is -0.122. The average Bonchev–Trinajstić information content (AvgIpc) is 2.92. The number of furan rings is 1. The minimum atomic E-state index is 0.226. The predicted octanol–water partition coefficient (Wildman–Crippen LogP) is 1.74. The summed E-state index contributed by atoms with van der Waals surface area (Å²) in [6.45, 7) is 0.760. The van der Waals surface area contributed by atoms with Crippen molar-refractivity contribution in [1.29, 1.82) is 0 Å². The molecule has 1 heterocycles. The van der Waals surface area contributed by atoms with E-state index in [0.29, 0.717) is 5.92 Å². The molecule has 0 unspecified atom stereocenters. The van der Waals surface area contributed by atoms with Gasteiger partial charge < -0.3 is 9.73 Å². The fourth-order valence-corrected chi connectivity index (χ4v) is 1.42. The standard InChI is InChI=1S/C11H15NO2/c13-11(9-5-6-9)12-7-1-3-10-4-2-8-14-10/h2,4,8-9H,1,3,5-7H2,(H,12,13). The van der Waals surface area contributed by atoms with Crippen molar-refractivity contribution in [2.75, 3.05) is 6.54 Å². The molecule has 1 aliphatic carbocycles. The van der Waals surface area contributed by atoms with Gasteiger partial charge in [0.05, 0.1) is 6.26 Å². The highest BCUT2D eigenvalue weighted by atomic mass is 16.3. The Morgan fingerprint density at radius 3 is 3.07 bits per heavy atom. The molecule has 0 aromatic carbocycles. The fourth-order valence-electron chi connectivity index (χ4n) is 1.42. The third kappa shape index (κ3) is 2.62. The highest BCUT2D eigenvalue weighted by Gasteiger charge is 2.28. The molecule has 1 fully saturated rings. The Balaban J connectivity index is 1.57. The number of aryl methyl sites for hydroxylation is 1. The van der Waals surface area contributed by atoms with E-state index >= 15 is 0 Å². The second kappa shape index (κ2) is 4.31. The molecular formula is C11H15NO2. The van der Waals surface area contributed by atoms with E-state index in [0.717, 1.165) is 38.0 Å². The van der Waals surface area contributed by atoms with Crippen molar-refractivity contribution in [3.63, 3.8) is 0 Å². The van der Waals surface area contributed by atoms with E-state index in [9.17, 15) is 4.79 Å². The summed E-state index contributed by atoms with van der Waals surface area (Å²) < 4.78 is 5.19. The van der Waals surface area contributed by atoms with Crippen LogP contribution in [0.4, 0.5) is 0 Å².